The highest BCUT2D eigenvalue weighted by Crippen LogP contribution is 2.19. The first-order valence-electron chi connectivity index (χ1n) is 37.1. The standard InChI is InChI=1S/C77H142O6/c1-4-7-10-13-16-19-22-25-28-30-32-33-34-35-36-37-38-39-40-41-42-43-44-45-47-49-52-55-58-61-64-67-70-76(79)82-73-74(72-81-75(78)69-66-63-60-57-54-51-48-27-24-21-18-15-12-9-6-3)83-77(80)71-68-65-62-59-56-53-50-46-31-29-26-23-20-17-14-11-8-5-2/h9,12,18,21,27,29,31,48,74H,4-8,10-11,13-17,19-20,22-26,28,30,32-47,49-73H2,1-3H3/b12-9-,21-18-,31-29-,48-27-. The summed E-state index contributed by atoms with van der Waals surface area (Å²) in [6.07, 6.45) is 91.7. The van der Waals surface area contributed by atoms with Crippen molar-refractivity contribution in [2.24, 2.45) is 0 Å². The second-order valence-corrected chi connectivity index (χ2v) is 25.2. The first-order valence-corrected chi connectivity index (χ1v) is 37.1. The fourth-order valence-corrected chi connectivity index (χ4v) is 11.3. The van der Waals surface area contributed by atoms with E-state index in [-0.39, 0.29) is 31.1 Å². The lowest BCUT2D eigenvalue weighted by Gasteiger charge is -2.18. The van der Waals surface area contributed by atoms with Crippen LogP contribution in [0.4, 0.5) is 0 Å². The SMILES string of the molecule is CC/C=C\C/C=C\C/C=C\CCCCCCCC(=O)OCC(COC(=O)CCCCCCCCCCCCCCCCCCCCCCCCCCCCCCCCCC)OC(=O)CCCCCCCCC/C=C\CCCCCCCCC. The van der Waals surface area contributed by atoms with Crippen LogP contribution < -0.4 is 0 Å². The van der Waals surface area contributed by atoms with Crippen molar-refractivity contribution in [3.05, 3.63) is 48.6 Å². The lowest BCUT2D eigenvalue weighted by atomic mass is 10.0. The Kier molecular flexibility index (Phi) is 69.6. The molecule has 0 radical (unpaired) electrons. The van der Waals surface area contributed by atoms with Crippen LogP contribution in [0, 0.1) is 0 Å². The number of allylic oxidation sites excluding steroid dienone is 8. The van der Waals surface area contributed by atoms with Crippen molar-refractivity contribution in [2.75, 3.05) is 13.2 Å². The van der Waals surface area contributed by atoms with Crippen molar-refractivity contribution in [2.45, 2.75) is 412 Å². The molecule has 0 saturated carbocycles. The van der Waals surface area contributed by atoms with E-state index in [2.05, 4.69) is 69.4 Å². The van der Waals surface area contributed by atoms with Gasteiger partial charge in [0.1, 0.15) is 13.2 Å². The second kappa shape index (κ2) is 71.8. The molecular formula is C77H142O6. The van der Waals surface area contributed by atoms with Crippen LogP contribution in [0.5, 0.6) is 0 Å². The van der Waals surface area contributed by atoms with E-state index in [9.17, 15) is 14.4 Å². The van der Waals surface area contributed by atoms with Crippen LogP contribution in [0.3, 0.4) is 0 Å². The van der Waals surface area contributed by atoms with E-state index >= 15 is 0 Å². The van der Waals surface area contributed by atoms with E-state index in [1.54, 1.807) is 0 Å². The number of carbonyl (C=O) groups is 3. The average Bonchev–Trinajstić information content (AvgIpc) is 3.49. The number of hydrogen-bond acceptors (Lipinski definition) is 6. The Bertz CT molecular complexity index is 1430. The molecule has 0 rings (SSSR count). The summed E-state index contributed by atoms with van der Waals surface area (Å²) in [5.41, 5.74) is 0. The van der Waals surface area contributed by atoms with E-state index < -0.39 is 6.10 Å². The molecule has 1 atom stereocenters. The van der Waals surface area contributed by atoms with Gasteiger partial charge in [-0.05, 0) is 77.0 Å². The molecule has 0 aromatic heterocycles. The topological polar surface area (TPSA) is 78.9 Å². The number of esters is 3. The highest BCUT2D eigenvalue weighted by molar-refractivity contribution is 5.71. The summed E-state index contributed by atoms with van der Waals surface area (Å²) in [6.45, 7) is 6.58. The zero-order valence-corrected chi connectivity index (χ0v) is 56.0. The molecule has 0 aromatic carbocycles. The third-order valence-corrected chi connectivity index (χ3v) is 16.8. The van der Waals surface area contributed by atoms with E-state index in [1.165, 1.54) is 270 Å². The molecule has 0 amide bonds. The van der Waals surface area contributed by atoms with Gasteiger partial charge in [0, 0.05) is 19.3 Å². The van der Waals surface area contributed by atoms with Gasteiger partial charge in [0.2, 0.25) is 0 Å². The minimum atomic E-state index is -0.783. The molecule has 0 aliphatic carbocycles. The Hall–Kier alpha value is -2.63. The maximum Gasteiger partial charge on any atom is 0.306 e. The zero-order chi connectivity index (χ0) is 59.9. The summed E-state index contributed by atoms with van der Waals surface area (Å²) in [5, 5.41) is 0. The van der Waals surface area contributed by atoms with E-state index in [0.717, 1.165) is 96.3 Å². The van der Waals surface area contributed by atoms with Crippen molar-refractivity contribution in [1.82, 2.24) is 0 Å². The van der Waals surface area contributed by atoms with Gasteiger partial charge in [0.05, 0.1) is 0 Å². The summed E-state index contributed by atoms with van der Waals surface area (Å²) in [6, 6.07) is 0. The highest BCUT2D eigenvalue weighted by Gasteiger charge is 2.19. The molecular weight excluding hydrogens is 1020 g/mol. The molecule has 0 aliphatic heterocycles. The largest absolute Gasteiger partial charge is 0.462 e. The van der Waals surface area contributed by atoms with Crippen molar-refractivity contribution in [3.8, 4) is 0 Å². The second-order valence-electron chi connectivity index (χ2n) is 25.2. The van der Waals surface area contributed by atoms with Crippen LogP contribution in [0.1, 0.15) is 406 Å². The monoisotopic (exact) mass is 1160 g/mol. The fraction of sp³-hybridized carbons (Fsp3) is 0.857. The maximum absolute atomic E-state index is 12.9. The normalized spacial score (nSPS) is 12.3. The Morgan fingerprint density at radius 1 is 0.253 bits per heavy atom. The summed E-state index contributed by atoms with van der Waals surface area (Å²) in [7, 11) is 0. The molecule has 6 nitrogen and oxygen atoms in total. The van der Waals surface area contributed by atoms with Crippen LogP contribution in [-0.4, -0.2) is 37.2 Å². The summed E-state index contributed by atoms with van der Waals surface area (Å²) in [5.74, 6) is -0.873. The minimum absolute atomic E-state index is 0.0766. The van der Waals surface area contributed by atoms with Gasteiger partial charge < -0.3 is 14.2 Å². The molecule has 0 aromatic rings. The Morgan fingerprint density at radius 3 is 0.747 bits per heavy atom. The predicted molar refractivity (Wildman–Crippen MR) is 362 cm³/mol. The molecule has 486 valence electrons. The van der Waals surface area contributed by atoms with Crippen LogP contribution in [0.2, 0.25) is 0 Å². The Labute approximate surface area is 518 Å². The van der Waals surface area contributed by atoms with Crippen LogP contribution in [0.15, 0.2) is 48.6 Å². The van der Waals surface area contributed by atoms with Gasteiger partial charge in [-0.15, -0.1) is 0 Å². The number of ether oxygens (including phenoxy) is 3. The number of unbranched alkanes of at least 4 members (excludes halogenated alkanes) is 50. The van der Waals surface area contributed by atoms with E-state index in [0.29, 0.717) is 19.3 Å². The molecule has 0 bridgehead atoms. The first-order chi connectivity index (χ1) is 41.0. The van der Waals surface area contributed by atoms with Crippen molar-refractivity contribution in [1.29, 1.82) is 0 Å². The zero-order valence-electron chi connectivity index (χ0n) is 56.0. The average molecular weight is 1160 g/mol. The lowest BCUT2D eigenvalue weighted by molar-refractivity contribution is -0.167. The van der Waals surface area contributed by atoms with Crippen LogP contribution >= 0.6 is 0 Å². The first kappa shape index (κ1) is 80.4. The van der Waals surface area contributed by atoms with Gasteiger partial charge in [-0.1, -0.05) is 358 Å². The Balaban J connectivity index is 4.16. The molecule has 0 fully saturated rings. The number of rotatable bonds is 69. The van der Waals surface area contributed by atoms with Gasteiger partial charge in [-0.25, -0.2) is 0 Å². The number of carbonyl (C=O) groups excluding carboxylic acids is 3. The molecule has 0 spiro atoms. The van der Waals surface area contributed by atoms with Gasteiger partial charge in [0.15, 0.2) is 6.10 Å². The van der Waals surface area contributed by atoms with E-state index in [4.69, 9.17) is 14.2 Å². The molecule has 83 heavy (non-hydrogen) atoms. The maximum atomic E-state index is 12.9. The minimum Gasteiger partial charge on any atom is -0.462 e. The van der Waals surface area contributed by atoms with Crippen molar-refractivity contribution >= 4 is 17.9 Å². The Morgan fingerprint density at radius 2 is 0.470 bits per heavy atom. The third kappa shape index (κ3) is 70.0. The summed E-state index contributed by atoms with van der Waals surface area (Å²) >= 11 is 0. The van der Waals surface area contributed by atoms with Gasteiger partial charge in [-0.2, -0.15) is 0 Å². The molecule has 0 N–H and O–H groups in total. The lowest BCUT2D eigenvalue weighted by Crippen LogP contribution is -2.30. The fourth-order valence-electron chi connectivity index (χ4n) is 11.3. The van der Waals surface area contributed by atoms with E-state index in [1.807, 2.05) is 0 Å². The third-order valence-electron chi connectivity index (χ3n) is 16.8. The number of hydrogen-bond donors (Lipinski definition) is 0. The smallest absolute Gasteiger partial charge is 0.306 e. The molecule has 1 unspecified atom stereocenters. The summed E-state index contributed by atoms with van der Waals surface area (Å²) in [4.78, 5) is 38.4. The van der Waals surface area contributed by atoms with Crippen molar-refractivity contribution in [3.63, 3.8) is 0 Å². The van der Waals surface area contributed by atoms with Crippen LogP contribution in [0.25, 0.3) is 0 Å². The van der Waals surface area contributed by atoms with Gasteiger partial charge >= 0.3 is 17.9 Å². The molecule has 6 heteroatoms. The van der Waals surface area contributed by atoms with Crippen molar-refractivity contribution < 1.29 is 28.6 Å². The summed E-state index contributed by atoms with van der Waals surface area (Å²) < 4.78 is 17.0. The van der Waals surface area contributed by atoms with Crippen LogP contribution in [-0.2, 0) is 28.6 Å². The van der Waals surface area contributed by atoms with Gasteiger partial charge in [0.25, 0.3) is 0 Å². The molecule has 0 saturated heterocycles. The predicted octanol–water partition coefficient (Wildman–Crippen LogP) is 25.7. The quantitative estimate of drug-likeness (QED) is 0.0261. The van der Waals surface area contributed by atoms with Gasteiger partial charge in [-0.3, -0.25) is 14.4 Å². The molecule has 0 heterocycles. The molecule has 0 aliphatic rings. The highest BCUT2D eigenvalue weighted by atomic mass is 16.6.